The molecule has 1 rings (SSSR count). The Balaban J connectivity index is 2.97. The van der Waals surface area contributed by atoms with Crippen LogP contribution in [0.4, 0.5) is 4.39 Å². The summed E-state index contributed by atoms with van der Waals surface area (Å²) in [7, 11) is 0. The van der Waals surface area contributed by atoms with Crippen LogP contribution in [0.15, 0.2) is 18.2 Å². The molecule has 0 aliphatic carbocycles. The van der Waals surface area contributed by atoms with Gasteiger partial charge in [0.15, 0.2) is 0 Å². The van der Waals surface area contributed by atoms with Gasteiger partial charge in [-0.05, 0) is 44.5 Å². The lowest BCUT2D eigenvalue weighted by atomic mass is 10.1. The molecule has 3 nitrogen and oxygen atoms in total. The van der Waals surface area contributed by atoms with Gasteiger partial charge in [0.1, 0.15) is 5.82 Å². The molecule has 1 unspecified atom stereocenters. The van der Waals surface area contributed by atoms with E-state index in [4.69, 9.17) is 9.47 Å². The minimum atomic E-state index is -0.517. The van der Waals surface area contributed by atoms with E-state index in [2.05, 4.69) is 0 Å². The normalized spacial score (nSPS) is 12.2. The second-order valence-electron chi connectivity index (χ2n) is 3.59. The highest BCUT2D eigenvalue weighted by atomic mass is 19.1. The largest absolute Gasteiger partial charge is 0.462 e. The molecule has 0 bridgehead atoms. The molecule has 4 heteroatoms. The number of carbonyl (C=O) groups is 1. The van der Waals surface area contributed by atoms with Crippen molar-refractivity contribution in [2.24, 2.45) is 0 Å². The first kappa shape index (κ1) is 13.6. The zero-order chi connectivity index (χ0) is 12.8. The van der Waals surface area contributed by atoms with E-state index in [1.165, 1.54) is 12.1 Å². The molecular weight excluding hydrogens is 223 g/mol. The van der Waals surface area contributed by atoms with Gasteiger partial charge in [-0.2, -0.15) is 0 Å². The van der Waals surface area contributed by atoms with Gasteiger partial charge in [-0.1, -0.05) is 0 Å². The lowest BCUT2D eigenvalue weighted by molar-refractivity contribution is 0.0524. The van der Waals surface area contributed by atoms with E-state index in [0.29, 0.717) is 12.2 Å². The monoisotopic (exact) mass is 240 g/mol. The molecule has 0 spiro atoms. The second-order valence-corrected chi connectivity index (χ2v) is 3.59. The van der Waals surface area contributed by atoms with Crippen molar-refractivity contribution in [2.45, 2.75) is 26.9 Å². The van der Waals surface area contributed by atoms with Crippen molar-refractivity contribution < 1.29 is 18.7 Å². The lowest BCUT2D eigenvalue weighted by Gasteiger charge is -2.13. The number of hydrogen-bond donors (Lipinski definition) is 0. The maximum atomic E-state index is 13.4. The fraction of sp³-hybridized carbons (Fsp3) is 0.462. The third-order valence-electron chi connectivity index (χ3n) is 2.32. The summed E-state index contributed by atoms with van der Waals surface area (Å²) < 4.78 is 23.6. The summed E-state index contributed by atoms with van der Waals surface area (Å²) in [4.78, 5) is 11.5. The molecule has 0 heterocycles. The lowest BCUT2D eigenvalue weighted by Crippen LogP contribution is -2.07. The van der Waals surface area contributed by atoms with Crippen molar-refractivity contribution >= 4 is 5.97 Å². The Labute approximate surface area is 101 Å². The number of ether oxygens (including phenoxy) is 2. The first-order valence-corrected chi connectivity index (χ1v) is 5.67. The van der Waals surface area contributed by atoms with Gasteiger partial charge in [-0.25, -0.2) is 9.18 Å². The van der Waals surface area contributed by atoms with Crippen molar-refractivity contribution in [3.8, 4) is 0 Å². The first-order valence-electron chi connectivity index (χ1n) is 5.67. The zero-order valence-electron chi connectivity index (χ0n) is 10.3. The van der Waals surface area contributed by atoms with Crippen molar-refractivity contribution in [2.75, 3.05) is 13.2 Å². The SMILES string of the molecule is CCOC(=O)c1cc(F)cc(C(C)OCC)c1. The first-order chi connectivity index (χ1) is 8.08. The summed E-state index contributed by atoms with van der Waals surface area (Å²) >= 11 is 0. The van der Waals surface area contributed by atoms with E-state index in [9.17, 15) is 9.18 Å². The number of carbonyl (C=O) groups excluding carboxylic acids is 1. The Morgan fingerprint density at radius 1 is 1.29 bits per heavy atom. The molecule has 1 atom stereocenters. The Morgan fingerprint density at radius 2 is 2.00 bits per heavy atom. The summed E-state index contributed by atoms with van der Waals surface area (Å²) in [6.45, 7) is 6.19. The molecule has 0 saturated heterocycles. The molecule has 17 heavy (non-hydrogen) atoms. The highest BCUT2D eigenvalue weighted by molar-refractivity contribution is 5.89. The molecule has 0 aliphatic heterocycles. The average Bonchev–Trinajstić information content (AvgIpc) is 2.29. The van der Waals surface area contributed by atoms with Gasteiger partial charge in [-0.3, -0.25) is 0 Å². The van der Waals surface area contributed by atoms with Crippen molar-refractivity contribution in [3.63, 3.8) is 0 Å². The molecule has 94 valence electrons. The van der Waals surface area contributed by atoms with Crippen LogP contribution in [0, 0.1) is 5.82 Å². The molecule has 0 amide bonds. The summed E-state index contributed by atoms with van der Waals surface area (Å²) in [6.07, 6.45) is -0.246. The molecule has 1 aromatic rings. The van der Waals surface area contributed by atoms with Gasteiger partial charge in [-0.15, -0.1) is 0 Å². The molecule has 0 radical (unpaired) electrons. The summed E-state index contributed by atoms with van der Waals surface area (Å²) in [6, 6.07) is 4.13. The van der Waals surface area contributed by atoms with Gasteiger partial charge in [0.2, 0.25) is 0 Å². The maximum Gasteiger partial charge on any atom is 0.338 e. The van der Waals surface area contributed by atoms with Crippen LogP contribution in [-0.4, -0.2) is 19.2 Å². The minimum Gasteiger partial charge on any atom is -0.462 e. The van der Waals surface area contributed by atoms with E-state index in [-0.39, 0.29) is 18.3 Å². The smallest absolute Gasteiger partial charge is 0.338 e. The molecular formula is C13H17FO3. The number of benzene rings is 1. The number of hydrogen-bond acceptors (Lipinski definition) is 3. The van der Waals surface area contributed by atoms with Crippen LogP contribution >= 0.6 is 0 Å². The summed E-state index contributed by atoms with van der Waals surface area (Å²) in [5.41, 5.74) is 0.850. The van der Waals surface area contributed by atoms with Crippen LogP contribution < -0.4 is 0 Å². The average molecular weight is 240 g/mol. The van der Waals surface area contributed by atoms with E-state index in [0.717, 1.165) is 0 Å². The van der Waals surface area contributed by atoms with Crippen molar-refractivity contribution in [1.82, 2.24) is 0 Å². The molecule has 0 aliphatic rings. The zero-order valence-corrected chi connectivity index (χ0v) is 10.3. The van der Waals surface area contributed by atoms with E-state index < -0.39 is 11.8 Å². The Morgan fingerprint density at radius 3 is 2.59 bits per heavy atom. The van der Waals surface area contributed by atoms with E-state index in [1.54, 1.807) is 13.0 Å². The number of halogens is 1. The van der Waals surface area contributed by atoms with Crippen LogP contribution in [0.5, 0.6) is 0 Å². The van der Waals surface area contributed by atoms with Crippen LogP contribution in [-0.2, 0) is 9.47 Å². The minimum absolute atomic E-state index is 0.216. The maximum absolute atomic E-state index is 13.4. The summed E-state index contributed by atoms with van der Waals surface area (Å²) in [5.74, 6) is -0.978. The topological polar surface area (TPSA) is 35.5 Å². The highest BCUT2D eigenvalue weighted by Gasteiger charge is 2.13. The van der Waals surface area contributed by atoms with Gasteiger partial charge in [0, 0.05) is 6.61 Å². The fourth-order valence-electron chi connectivity index (χ4n) is 1.53. The molecule has 0 fully saturated rings. The quantitative estimate of drug-likeness (QED) is 0.742. The standard InChI is InChI=1S/C13H17FO3/c1-4-16-9(3)10-6-11(8-12(14)7-10)13(15)17-5-2/h6-9H,4-5H2,1-3H3. The Kier molecular flexibility index (Phi) is 5.10. The van der Waals surface area contributed by atoms with Crippen LogP contribution in [0.25, 0.3) is 0 Å². The summed E-state index contributed by atoms with van der Waals surface area (Å²) in [5, 5.41) is 0. The van der Waals surface area contributed by atoms with Crippen LogP contribution in [0.3, 0.4) is 0 Å². The van der Waals surface area contributed by atoms with E-state index in [1.807, 2.05) is 13.8 Å². The van der Waals surface area contributed by atoms with E-state index >= 15 is 0 Å². The van der Waals surface area contributed by atoms with Gasteiger partial charge >= 0.3 is 5.97 Å². The number of esters is 1. The Bertz CT molecular complexity index is 390. The molecule has 0 aromatic heterocycles. The third kappa shape index (κ3) is 3.82. The highest BCUT2D eigenvalue weighted by Crippen LogP contribution is 2.20. The molecule has 0 saturated carbocycles. The second kappa shape index (κ2) is 6.35. The third-order valence-corrected chi connectivity index (χ3v) is 2.32. The van der Waals surface area contributed by atoms with Gasteiger partial charge in [0.25, 0.3) is 0 Å². The fourth-order valence-corrected chi connectivity index (χ4v) is 1.53. The molecule has 1 aromatic carbocycles. The van der Waals surface area contributed by atoms with Gasteiger partial charge < -0.3 is 9.47 Å². The van der Waals surface area contributed by atoms with Gasteiger partial charge in [0.05, 0.1) is 18.3 Å². The predicted molar refractivity (Wildman–Crippen MR) is 62.4 cm³/mol. The number of rotatable bonds is 5. The molecule has 0 N–H and O–H groups in total. The van der Waals surface area contributed by atoms with Crippen LogP contribution in [0.2, 0.25) is 0 Å². The van der Waals surface area contributed by atoms with Crippen molar-refractivity contribution in [3.05, 3.63) is 35.1 Å². The van der Waals surface area contributed by atoms with Crippen molar-refractivity contribution in [1.29, 1.82) is 0 Å². The Hall–Kier alpha value is -1.42. The predicted octanol–water partition coefficient (Wildman–Crippen LogP) is 3.10. The van der Waals surface area contributed by atoms with Crippen LogP contribution in [0.1, 0.15) is 42.8 Å².